The van der Waals surface area contributed by atoms with E-state index in [0.717, 1.165) is 0 Å². The molecule has 0 aliphatic heterocycles. The van der Waals surface area contributed by atoms with Gasteiger partial charge in [0.15, 0.2) is 0 Å². The van der Waals surface area contributed by atoms with Crippen LogP contribution in [0.4, 0.5) is 16.3 Å². The molecule has 2 aromatic heterocycles. The normalized spacial score (nSPS) is 11.3. The number of ether oxygens (including phenoxy) is 2. The summed E-state index contributed by atoms with van der Waals surface area (Å²) in [5.41, 5.74) is -0.193. The van der Waals surface area contributed by atoms with Gasteiger partial charge in [-0.2, -0.15) is 0 Å². The number of esters is 1. The van der Waals surface area contributed by atoms with Gasteiger partial charge in [0.25, 0.3) is 0 Å². The number of aromatic nitrogens is 2. The van der Waals surface area contributed by atoms with E-state index in [2.05, 4.69) is 10.3 Å². The van der Waals surface area contributed by atoms with Gasteiger partial charge in [-0.3, -0.25) is 15.4 Å². The average Bonchev–Trinajstić information content (AvgIpc) is 3.00. The Balaban J connectivity index is 2.06. The molecule has 0 atom stereocenters. The summed E-state index contributed by atoms with van der Waals surface area (Å²) >= 11 is 6.06. The Kier molecular flexibility index (Phi) is 6.87. The van der Waals surface area contributed by atoms with Crippen molar-refractivity contribution in [1.82, 2.24) is 9.55 Å². The number of carbonyl (C=O) groups excluding carboxylic acids is 2. The Hall–Kier alpha value is -3.66. The van der Waals surface area contributed by atoms with Crippen LogP contribution in [0.3, 0.4) is 0 Å². The van der Waals surface area contributed by atoms with Gasteiger partial charge >= 0.3 is 17.7 Å². The zero-order valence-corrected chi connectivity index (χ0v) is 19.3. The first kappa shape index (κ1) is 24.0. The third kappa shape index (κ3) is 5.58. The Morgan fingerprint density at radius 1 is 1.24 bits per heavy atom. The van der Waals surface area contributed by atoms with E-state index < -0.39 is 22.6 Å². The number of fused-ring (bicyclic) bond motifs is 1. The molecule has 0 bridgehead atoms. The predicted octanol–water partition coefficient (Wildman–Crippen LogP) is 5.17. The number of benzene rings is 1. The summed E-state index contributed by atoms with van der Waals surface area (Å²) in [4.78, 5) is 40.2. The van der Waals surface area contributed by atoms with Crippen molar-refractivity contribution in [3.8, 4) is 0 Å². The van der Waals surface area contributed by atoms with Crippen molar-refractivity contribution in [2.24, 2.45) is 0 Å². The topological polar surface area (TPSA) is 126 Å². The summed E-state index contributed by atoms with van der Waals surface area (Å²) in [6.07, 6.45) is 0.805. The predicted molar refractivity (Wildman–Crippen MR) is 123 cm³/mol. The van der Waals surface area contributed by atoms with Crippen molar-refractivity contribution >= 4 is 46.1 Å². The maximum Gasteiger partial charge on any atom is 0.413 e. The fourth-order valence-corrected chi connectivity index (χ4v) is 3.47. The lowest BCUT2D eigenvalue weighted by atomic mass is 10.2. The molecule has 0 unspecified atom stereocenters. The number of amides is 1. The lowest BCUT2D eigenvalue weighted by Crippen LogP contribution is -2.27. The van der Waals surface area contributed by atoms with Crippen LogP contribution in [-0.4, -0.2) is 38.7 Å². The second kappa shape index (κ2) is 9.45. The Morgan fingerprint density at radius 3 is 2.61 bits per heavy atom. The monoisotopic (exact) mass is 474 g/mol. The molecule has 33 heavy (non-hydrogen) atoms. The molecule has 1 N–H and O–H groups in total. The van der Waals surface area contributed by atoms with Gasteiger partial charge in [0.1, 0.15) is 11.4 Å². The average molecular weight is 475 g/mol. The zero-order valence-electron chi connectivity index (χ0n) is 18.5. The maximum absolute atomic E-state index is 12.7. The highest BCUT2D eigenvalue weighted by Gasteiger charge is 2.32. The number of nitro groups is 1. The first-order chi connectivity index (χ1) is 15.5. The highest BCUT2D eigenvalue weighted by molar-refractivity contribution is 6.31. The third-order valence-electron chi connectivity index (χ3n) is 4.44. The number of halogens is 1. The van der Waals surface area contributed by atoms with E-state index in [1.54, 1.807) is 52.0 Å². The Labute approximate surface area is 194 Å². The molecule has 0 saturated carbocycles. The van der Waals surface area contributed by atoms with E-state index in [1.807, 2.05) is 0 Å². The maximum atomic E-state index is 12.7. The molecule has 2 heterocycles. The van der Waals surface area contributed by atoms with Crippen LogP contribution < -0.4 is 5.32 Å². The van der Waals surface area contributed by atoms with Crippen LogP contribution in [0.25, 0.3) is 10.9 Å². The molecule has 10 nitrogen and oxygen atoms in total. The van der Waals surface area contributed by atoms with E-state index in [9.17, 15) is 19.7 Å². The number of anilines is 1. The van der Waals surface area contributed by atoms with Gasteiger partial charge < -0.3 is 14.0 Å². The molecular formula is C22H23ClN4O6. The fraction of sp³-hybridized carbons (Fsp3) is 0.318. The molecule has 0 radical (unpaired) electrons. The number of nitrogens with one attached hydrogen (secondary N) is 1. The molecule has 1 aromatic carbocycles. The van der Waals surface area contributed by atoms with Crippen molar-refractivity contribution in [3.63, 3.8) is 0 Å². The summed E-state index contributed by atoms with van der Waals surface area (Å²) in [5.74, 6) is -0.592. The molecule has 0 spiro atoms. The molecule has 1 amide bonds. The van der Waals surface area contributed by atoms with Gasteiger partial charge in [-0.15, -0.1) is 0 Å². The first-order valence-electron chi connectivity index (χ1n) is 10.1. The molecule has 0 aliphatic rings. The molecule has 0 fully saturated rings. The summed E-state index contributed by atoms with van der Waals surface area (Å²) in [5, 5.41) is 14.9. The van der Waals surface area contributed by atoms with Crippen molar-refractivity contribution < 1.29 is 24.0 Å². The molecular weight excluding hydrogens is 452 g/mol. The minimum atomic E-state index is -0.822. The highest BCUT2D eigenvalue weighted by Crippen LogP contribution is 2.36. The lowest BCUT2D eigenvalue weighted by molar-refractivity contribution is -0.383. The summed E-state index contributed by atoms with van der Waals surface area (Å²) in [6, 6.07) is 7.89. The van der Waals surface area contributed by atoms with Gasteiger partial charge in [0.2, 0.25) is 5.69 Å². The summed E-state index contributed by atoms with van der Waals surface area (Å²) in [6.45, 7) is 6.96. The second-order valence-electron chi connectivity index (χ2n) is 8.10. The summed E-state index contributed by atoms with van der Waals surface area (Å²) in [7, 11) is 0. The Bertz CT molecular complexity index is 1230. The quantitative estimate of drug-likeness (QED) is 0.296. The first-order valence-corrected chi connectivity index (χ1v) is 10.5. The third-order valence-corrected chi connectivity index (χ3v) is 4.68. The molecule has 0 saturated heterocycles. The van der Waals surface area contributed by atoms with Crippen molar-refractivity contribution in [3.05, 3.63) is 62.9 Å². The van der Waals surface area contributed by atoms with Crippen LogP contribution in [-0.2, 0) is 16.0 Å². The van der Waals surface area contributed by atoms with Crippen molar-refractivity contribution in [1.29, 1.82) is 0 Å². The number of hydrogen-bond acceptors (Lipinski definition) is 7. The van der Waals surface area contributed by atoms with E-state index in [1.165, 1.54) is 16.8 Å². The Morgan fingerprint density at radius 2 is 1.97 bits per heavy atom. The van der Waals surface area contributed by atoms with Gasteiger partial charge in [0.05, 0.1) is 22.4 Å². The highest BCUT2D eigenvalue weighted by atomic mass is 35.5. The second-order valence-corrected chi connectivity index (χ2v) is 8.54. The van der Waals surface area contributed by atoms with E-state index in [0.29, 0.717) is 16.1 Å². The number of hydrogen-bond donors (Lipinski definition) is 1. The molecule has 3 rings (SSSR count). The number of nitrogens with zero attached hydrogens (tertiary/aromatic N) is 3. The van der Waals surface area contributed by atoms with Crippen LogP contribution in [0, 0.1) is 10.1 Å². The van der Waals surface area contributed by atoms with Gasteiger partial charge in [-0.25, -0.2) is 14.6 Å². The van der Waals surface area contributed by atoms with Gasteiger partial charge in [0, 0.05) is 17.8 Å². The molecule has 0 aliphatic carbocycles. The van der Waals surface area contributed by atoms with Crippen LogP contribution in [0.15, 0.2) is 36.5 Å². The van der Waals surface area contributed by atoms with E-state index in [-0.39, 0.29) is 35.7 Å². The van der Waals surface area contributed by atoms with Gasteiger partial charge in [-0.05, 0) is 63.6 Å². The molecule has 3 aromatic rings. The minimum absolute atomic E-state index is 0.0531. The lowest BCUT2D eigenvalue weighted by Gasteiger charge is -2.19. The summed E-state index contributed by atoms with van der Waals surface area (Å²) < 4.78 is 11.8. The molecule has 11 heteroatoms. The smallest absolute Gasteiger partial charge is 0.413 e. The minimum Gasteiger partial charge on any atom is -0.461 e. The molecule has 174 valence electrons. The number of carbonyl (C=O) groups is 2. The largest absolute Gasteiger partial charge is 0.461 e. The number of pyridine rings is 1. The SMILES string of the molecule is CCOC(=O)c1c([N+](=O)[O-])c2cc(Cl)ccc2n1Cc1ccnc(NC(=O)OC(C)(C)C)c1. The van der Waals surface area contributed by atoms with Crippen LogP contribution in [0.1, 0.15) is 43.7 Å². The van der Waals surface area contributed by atoms with Crippen molar-refractivity contribution in [2.75, 3.05) is 11.9 Å². The van der Waals surface area contributed by atoms with Gasteiger partial charge in [-0.1, -0.05) is 11.6 Å². The number of rotatable bonds is 6. The fourth-order valence-electron chi connectivity index (χ4n) is 3.30. The van der Waals surface area contributed by atoms with E-state index >= 15 is 0 Å². The van der Waals surface area contributed by atoms with Crippen LogP contribution in [0.2, 0.25) is 5.02 Å². The van der Waals surface area contributed by atoms with E-state index in [4.69, 9.17) is 21.1 Å². The van der Waals surface area contributed by atoms with Crippen LogP contribution >= 0.6 is 11.6 Å². The van der Waals surface area contributed by atoms with Crippen molar-refractivity contribution in [2.45, 2.75) is 39.8 Å². The van der Waals surface area contributed by atoms with Crippen LogP contribution in [0.5, 0.6) is 0 Å². The standard InChI is InChI=1S/C22H23ClN4O6/c1-5-32-20(28)19-18(27(30)31)15-11-14(23)6-7-16(15)26(19)12-13-8-9-24-17(10-13)25-21(29)33-22(2,3)4/h6-11H,5,12H2,1-4H3,(H,24,25,29). The zero-order chi connectivity index (χ0) is 24.3.